The Morgan fingerprint density at radius 3 is 2.80 bits per heavy atom. The van der Waals surface area contributed by atoms with Crippen LogP contribution < -0.4 is 0 Å². The first kappa shape index (κ1) is 7.06. The van der Waals surface area contributed by atoms with Crippen molar-refractivity contribution in [3.05, 3.63) is 23.7 Å². The fraction of sp³-hybridized carbons (Fsp3) is 0.375. The van der Waals surface area contributed by atoms with Gasteiger partial charge in [-0.25, -0.2) is 0 Å². The molecule has 0 N–H and O–H groups in total. The second kappa shape index (κ2) is 2.69. The molecule has 0 aliphatic rings. The fourth-order valence-electron chi connectivity index (χ4n) is 0.865. The first-order chi connectivity index (χ1) is 4.75. The van der Waals surface area contributed by atoms with E-state index in [1.807, 2.05) is 6.92 Å². The van der Waals surface area contributed by atoms with Crippen molar-refractivity contribution in [2.24, 2.45) is 0 Å². The first-order valence-electron chi connectivity index (χ1n) is 3.33. The van der Waals surface area contributed by atoms with Crippen molar-refractivity contribution in [1.29, 1.82) is 0 Å². The molecular weight excluding hydrogens is 128 g/mol. The van der Waals surface area contributed by atoms with Crippen LogP contribution in [0.25, 0.3) is 0 Å². The van der Waals surface area contributed by atoms with Crippen molar-refractivity contribution in [1.82, 2.24) is 0 Å². The molecule has 2 nitrogen and oxygen atoms in total. The molecule has 0 spiro atoms. The molecule has 1 aromatic rings. The van der Waals surface area contributed by atoms with Crippen LogP contribution in [0.3, 0.4) is 0 Å². The number of hydrogen-bond donors (Lipinski definition) is 0. The Kier molecular flexibility index (Phi) is 1.90. The molecular formula is C8H10O2. The van der Waals surface area contributed by atoms with E-state index in [-0.39, 0.29) is 5.78 Å². The summed E-state index contributed by atoms with van der Waals surface area (Å²) in [5.41, 5.74) is 0.711. The zero-order valence-corrected chi connectivity index (χ0v) is 6.18. The lowest BCUT2D eigenvalue weighted by Crippen LogP contribution is -1.95. The molecule has 0 unspecified atom stereocenters. The summed E-state index contributed by atoms with van der Waals surface area (Å²) in [6, 6.07) is 1.71. The minimum atomic E-state index is 0.145. The molecule has 54 valence electrons. The van der Waals surface area contributed by atoms with Crippen LogP contribution in [-0.4, -0.2) is 5.78 Å². The fourth-order valence-corrected chi connectivity index (χ4v) is 0.865. The van der Waals surface area contributed by atoms with Crippen molar-refractivity contribution in [2.75, 3.05) is 0 Å². The summed E-state index contributed by atoms with van der Waals surface area (Å²) in [7, 11) is 0. The second-order valence-corrected chi connectivity index (χ2v) is 2.17. The van der Waals surface area contributed by atoms with Crippen LogP contribution in [0, 0.1) is 6.92 Å². The average molecular weight is 138 g/mol. The zero-order chi connectivity index (χ0) is 7.56. The number of carbonyl (C=O) groups is 1. The molecule has 2 heteroatoms. The Bertz CT molecular complexity index is 235. The van der Waals surface area contributed by atoms with Gasteiger partial charge in [0.25, 0.3) is 0 Å². The number of Topliss-reactive ketones (excluding diaryl/α,β-unsaturated/α-hetero) is 1. The summed E-state index contributed by atoms with van der Waals surface area (Å²) in [6.45, 7) is 3.64. The molecule has 1 rings (SSSR count). The zero-order valence-electron chi connectivity index (χ0n) is 6.18. The van der Waals surface area contributed by atoms with Gasteiger partial charge in [-0.05, 0) is 13.0 Å². The molecule has 0 saturated heterocycles. The highest BCUT2D eigenvalue weighted by molar-refractivity contribution is 5.96. The standard InChI is InChI=1S/C8H10O2/c1-3-8(9)7-4-5-10-6(7)2/h4-5H,3H2,1-2H3. The summed E-state index contributed by atoms with van der Waals surface area (Å²) in [4.78, 5) is 11.0. The van der Waals surface area contributed by atoms with Crippen molar-refractivity contribution >= 4 is 5.78 Å². The van der Waals surface area contributed by atoms with Crippen LogP contribution in [0.2, 0.25) is 0 Å². The van der Waals surface area contributed by atoms with Gasteiger partial charge < -0.3 is 4.42 Å². The summed E-state index contributed by atoms with van der Waals surface area (Å²) in [5, 5.41) is 0. The van der Waals surface area contributed by atoms with Crippen molar-refractivity contribution in [2.45, 2.75) is 20.3 Å². The third-order valence-corrected chi connectivity index (χ3v) is 1.48. The number of carbonyl (C=O) groups excluding carboxylic acids is 1. The van der Waals surface area contributed by atoms with Gasteiger partial charge in [-0.1, -0.05) is 6.92 Å². The monoisotopic (exact) mass is 138 g/mol. The molecule has 0 aromatic carbocycles. The van der Waals surface area contributed by atoms with E-state index in [2.05, 4.69) is 0 Å². The summed E-state index contributed by atoms with van der Waals surface area (Å²) < 4.78 is 4.97. The molecule has 0 aliphatic carbocycles. The summed E-state index contributed by atoms with van der Waals surface area (Å²) in [5.74, 6) is 0.859. The Labute approximate surface area is 59.8 Å². The smallest absolute Gasteiger partial charge is 0.166 e. The van der Waals surface area contributed by atoms with Gasteiger partial charge in [-0.3, -0.25) is 4.79 Å². The van der Waals surface area contributed by atoms with Gasteiger partial charge in [0, 0.05) is 6.42 Å². The molecule has 1 heterocycles. The summed E-state index contributed by atoms with van der Waals surface area (Å²) >= 11 is 0. The average Bonchev–Trinajstić information content (AvgIpc) is 2.34. The predicted molar refractivity (Wildman–Crippen MR) is 38.1 cm³/mol. The Morgan fingerprint density at radius 1 is 1.70 bits per heavy atom. The lowest BCUT2D eigenvalue weighted by atomic mass is 10.1. The van der Waals surface area contributed by atoms with Crippen LogP contribution in [-0.2, 0) is 0 Å². The quantitative estimate of drug-likeness (QED) is 0.586. The number of hydrogen-bond acceptors (Lipinski definition) is 2. The minimum Gasteiger partial charge on any atom is -0.469 e. The molecule has 0 atom stereocenters. The van der Waals surface area contributed by atoms with Gasteiger partial charge in [0.2, 0.25) is 0 Å². The number of ketones is 1. The van der Waals surface area contributed by atoms with Gasteiger partial charge >= 0.3 is 0 Å². The molecule has 1 aromatic heterocycles. The minimum absolute atomic E-state index is 0.145. The van der Waals surface area contributed by atoms with E-state index < -0.39 is 0 Å². The highest BCUT2D eigenvalue weighted by Gasteiger charge is 2.07. The van der Waals surface area contributed by atoms with Crippen molar-refractivity contribution in [3.63, 3.8) is 0 Å². The largest absolute Gasteiger partial charge is 0.469 e. The Balaban J connectivity index is 2.93. The maximum atomic E-state index is 11.0. The third kappa shape index (κ3) is 1.10. The van der Waals surface area contributed by atoms with Crippen molar-refractivity contribution in [3.8, 4) is 0 Å². The van der Waals surface area contributed by atoms with Gasteiger partial charge in [-0.15, -0.1) is 0 Å². The van der Waals surface area contributed by atoms with E-state index >= 15 is 0 Å². The van der Waals surface area contributed by atoms with Crippen LogP contribution in [0.1, 0.15) is 29.5 Å². The van der Waals surface area contributed by atoms with Gasteiger partial charge in [0.1, 0.15) is 5.76 Å². The molecule has 0 fully saturated rings. The predicted octanol–water partition coefficient (Wildman–Crippen LogP) is 2.18. The van der Waals surface area contributed by atoms with E-state index in [1.165, 1.54) is 6.26 Å². The van der Waals surface area contributed by atoms with E-state index in [1.54, 1.807) is 13.0 Å². The van der Waals surface area contributed by atoms with Gasteiger partial charge in [0.15, 0.2) is 5.78 Å². The molecule has 0 saturated carbocycles. The SMILES string of the molecule is CCC(=O)c1ccoc1C. The van der Waals surface area contributed by atoms with Crippen LogP contribution in [0.5, 0.6) is 0 Å². The summed E-state index contributed by atoms with van der Waals surface area (Å²) in [6.07, 6.45) is 2.08. The van der Waals surface area contributed by atoms with Gasteiger partial charge in [0.05, 0.1) is 11.8 Å². The maximum absolute atomic E-state index is 11.0. The normalized spacial score (nSPS) is 9.80. The molecule has 0 bridgehead atoms. The second-order valence-electron chi connectivity index (χ2n) is 2.17. The first-order valence-corrected chi connectivity index (χ1v) is 3.33. The number of aryl methyl sites for hydroxylation is 1. The lowest BCUT2D eigenvalue weighted by molar-refractivity contribution is 0.0986. The topological polar surface area (TPSA) is 30.2 Å². The maximum Gasteiger partial charge on any atom is 0.166 e. The Hall–Kier alpha value is -1.05. The highest BCUT2D eigenvalue weighted by Crippen LogP contribution is 2.10. The van der Waals surface area contributed by atoms with E-state index in [0.717, 1.165) is 0 Å². The van der Waals surface area contributed by atoms with Crippen molar-refractivity contribution < 1.29 is 9.21 Å². The van der Waals surface area contributed by atoms with E-state index in [4.69, 9.17) is 4.42 Å². The number of furan rings is 1. The van der Waals surface area contributed by atoms with Gasteiger partial charge in [-0.2, -0.15) is 0 Å². The third-order valence-electron chi connectivity index (χ3n) is 1.48. The van der Waals surface area contributed by atoms with Crippen LogP contribution in [0.15, 0.2) is 16.7 Å². The lowest BCUT2D eigenvalue weighted by Gasteiger charge is -1.91. The molecule has 0 amide bonds. The van der Waals surface area contributed by atoms with E-state index in [9.17, 15) is 4.79 Å². The molecule has 10 heavy (non-hydrogen) atoms. The van der Waals surface area contributed by atoms with Crippen LogP contribution in [0.4, 0.5) is 0 Å². The highest BCUT2D eigenvalue weighted by atomic mass is 16.3. The number of rotatable bonds is 2. The molecule has 0 radical (unpaired) electrons. The Morgan fingerprint density at radius 2 is 2.40 bits per heavy atom. The molecule has 0 aliphatic heterocycles. The van der Waals surface area contributed by atoms with E-state index in [0.29, 0.717) is 17.7 Å². The van der Waals surface area contributed by atoms with Crippen LogP contribution >= 0.6 is 0 Å².